The first kappa shape index (κ1) is 15.0. The lowest BCUT2D eigenvalue weighted by Gasteiger charge is -2.32. The summed E-state index contributed by atoms with van der Waals surface area (Å²) in [7, 11) is 0. The summed E-state index contributed by atoms with van der Waals surface area (Å²) in [5.41, 5.74) is 0. The van der Waals surface area contributed by atoms with Crippen molar-refractivity contribution in [1.82, 2.24) is 4.90 Å². The van der Waals surface area contributed by atoms with Crippen LogP contribution in [0.5, 0.6) is 0 Å². The summed E-state index contributed by atoms with van der Waals surface area (Å²) in [5.74, 6) is 1.69. The third-order valence-electron chi connectivity index (χ3n) is 4.71. The molecule has 1 atom stereocenters. The maximum Gasteiger partial charge on any atom is 0.198 e. The van der Waals surface area contributed by atoms with Crippen molar-refractivity contribution in [3.8, 4) is 0 Å². The topological polar surface area (TPSA) is 29.5 Å². The first-order valence-electron chi connectivity index (χ1n) is 8.03. The molecule has 3 heteroatoms. The third kappa shape index (κ3) is 5.62. The molecule has 0 saturated carbocycles. The number of carbonyl (C=O) groups excluding carboxylic acids is 1. The van der Waals surface area contributed by atoms with E-state index in [9.17, 15) is 4.79 Å². The van der Waals surface area contributed by atoms with E-state index in [-0.39, 0.29) is 0 Å². The van der Waals surface area contributed by atoms with E-state index in [1.165, 1.54) is 58.2 Å². The molecule has 0 aromatic heterocycles. The smallest absolute Gasteiger partial charge is 0.198 e. The first-order valence-corrected chi connectivity index (χ1v) is 8.03. The molecule has 2 saturated heterocycles. The summed E-state index contributed by atoms with van der Waals surface area (Å²) in [6.45, 7) is 5.77. The van der Waals surface area contributed by atoms with Gasteiger partial charge in [-0.3, -0.25) is 4.79 Å². The second kappa shape index (κ2) is 8.70. The summed E-state index contributed by atoms with van der Waals surface area (Å²) >= 11 is 0. The van der Waals surface area contributed by atoms with Crippen LogP contribution in [0.25, 0.3) is 0 Å². The lowest BCUT2D eigenvalue weighted by molar-refractivity contribution is 0.166. The van der Waals surface area contributed by atoms with Gasteiger partial charge in [-0.2, -0.15) is 0 Å². The van der Waals surface area contributed by atoms with Crippen LogP contribution >= 0.6 is 0 Å². The van der Waals surface area contributed by atoms with Crippen molar-refractivity contribution in [2.45, 2.75) is 51.4 Å². The average molecular weight is 266 g/mol. The van der Waals surface area contributed by atoms with Crippen LogP contribution < -0.4 is 0 Å². The molecule has 19 heavy (non-hydrogen) atoms. The van der Waals surface area contributed by atoms with E-state index in [0.29, 0.717) is 6.42 Å². The highest BCUT2D eigenvalue weighted by Gasteiger charge is 2.19. The molecule has 2 aliphatic rings. The minimum absolute atomic E-state index is 0.629. The second-order valence-corrected chi connectivity index (χ2v) is 6.19. The lowest BCUT2D eigenvalue weighted by Crippen LogP contribution is -2.34. The second-order valence-electron chi connectivity index (χ2n) is 6.19. The standard InChI is InChI=1S/C16H28NO2/c18-12-2-1-4-15-6-10-17(11-7-15)9-3-5-16-8-13-19-14-16/h15-16H,1-11,13-14H2. The molecule has 2 aliphatic heterocycles. The minimum atomic E-state index is 0.629. The van der Waals surface area contributed by atoms with Gasteiger partial charge in [0.1, 0.15) is 0 Å². The fourth-order valence-corrected chi connectivity index (χ4v) is 3.38. The number of likely N-dealkylation sites (tertiary alicyclic amines) is 1. The van der Waals surface area contributed by atoms with Gasteiger partial charge in [0.2, 0.25) is 0 Å². The summed E-state index contributed by atoms with van der Waals surface area (Å²) in [6, 6.07) is 0. The number of nitrogens with zero attached hydrogens (tertiary/aromatic N) is 1. The van der Waals surface area contributed by atoms with E-state index >= 15 is 0 Å². The lowest BCUT2D eigenvalue weighted by atomic mass is 9.91. The van der Waals surface area contributed by atoms with Crippen molar-refractivity contribution in [2.24, 2.45) is 11.8 Å². The van der Waals surface area contributed by atoms with Gasteiger partial charge in [0, 0.05) is 19.6 Å². The van der Waals surface area contributed by atoms with Gasteiger partial charge in [-0.05, 0) is 76.4 Å². The number of piperidine rings is 1. The number of unbranched alkanes of at least 4 members (excludes halogenated alkanes) is 1. The van der Waals surface area contributed by atoms with Crippen LogP contribution in [-0.4, -0.2) is 44.0 Å². The van der Waals surface area contributed by atoms with Crippen molar-refractivity contribution in [3.05, 3.63) is 0 Å². The van der Waals surface area contributed by atoms with Crippen LogP contribution in [0.1, 0.15) is 51.4 Å². The van der Waals surface area contributed by atoms with Crippen molar-refractivity contribution >= 4 is 6.29 Å². The van der Waals surface area contributed by atoms with Crippen LogP contribution in [0.2, 0.25) is 0 Å². The molecule has 0 aromatic carbocycles. The molecule has 0 N–H and O–H groups in total. The Morgan fingerprint density at radius 2 is 1.84 bits per heavy atom. The Morgan fingerprint density at radius 3 is 2.53 bits per heavy atom. The Hall–Kier alpha value is -0.410. The highest BCUT2D eigenvalue weighted by molar-refractivity contribution is 5.50. The zero-order valence-corrected chi connectivity index (χ0v) is 12.1. The fraction of sp³-hybridized carbons (Fsp3) is 0.938. The Bertz CT molecular complexity index is 243. The molecule has 0 spiro atoms. The van der Waals surface area contributed by atoms with Crippen molar-refractivity contribution in [2.75, 3.05) is 32.8 Å². The van der Waals surface area contributed by atoms with Gasteiger partial charge in [-0.1, -0.05) is 0 Å². The van der Waals surface area contributed by atoms with Crippen LogP contribution in [-0.2, 0) is 9.53 Å². The Kier molecular flexibility index (Phi) is 6.86. The van der Waals surface area contributed by atoms with Gasteiger partial charge < -0.3 is 9.64 Å². The minimum Gasteiger partial charge on any atom is -0.381 e. The summed E-state index contributed by atoms with van der Waals surface area (Å²) in [4.78, 5) is 12.8. The van der Waals surface area contributed by atoms with Gasteiger partial charge in [0.25, 0.3) is 0 Å². The summed E-state index contributed by atoms with van der Waals surface area (Å²) < 4.78 is 5.42. The maximum absolute atomic E-state index is 10.2. The summed E-state index contributed by atoms with van der Waals surface area (Å²) in [6.07, 6.45) is 11.5. The summed E-state index contributed by atoms with van der Waals surface area (Å²) in [5, 5.41) is 0. The largest absolute Gasteiger partial charge is 0.381 e. The van der Waals surface area contributed by atoms with Crippen LogP contribution in [0, 0.1) is 11.8 Å². The van der Waals surface area contributed by atoms with Crippen molar-refractivity contribution in [1.29, 1.82) is 0 Å². The Balaban J connectivity index is 1.49. The highest BCUT2D eigenvalue weighted by Crippen LogP contribution is 2.23. The van der Waals surface area contributed by atoms with Gasteiger partial charge in [0.05, 0.1) is 0 Å². The SMILES string of the molecule is O=[C]CCCC1CCN(CCCC2CCOC2)CC1. The molecule has 2 fully saturated rings. The first-order chi connectivity index (χ1) is 9.38. The van der Waals surface area contributed by atoms with Gasteiger partial charge >= 0.3 is 0 Å². The van der Waals surface area contributed by atoms with Crippen LogP contribution in [0.15, 0.2) is 0 Å². The normalized spacial score (nSPS) is 25.8. The van der Waals surface area contributed by atoms with E-state index in [2.05, 4.69) is 4.90 Å². The average Bonchev–Trinajstić information content (AvgIpc) is 2.94. The zero-order chi connectivity index (χ0) is 13.3. The van der Waals surface area contributed by atoms with Gasteiger partial charge in [-0.15, -0.1) is 0 Å². The van der Waals surface area contributed by atoms with Crippen molar-refractivity contribution < 1.29 is 9.53 Å². The Morgan fingerprint density at radius 1 is 1.05 bits per heavy atom. The van der Waals surface area contributed by atoms with Gasteiger partial charge in [-0.25, -0.2) is 0 Å². The highest BCUT2D eigenvalue weighted by atomic mass is 16.5. The maximum atomic E-state index is 10.2. The zero-order valence-electron chi connectivity index (χ0n) is 12.1. The molecule has 109 valence electrons. The molecule has 2 rings (SSSR count). The molecular formula is C16H28NO2. The van der Waals surface area contributed by atoms with Crippen LogP contribution in [0.4, 0.5) is 0 Å². The number of rotatable bonds is 8. The Labute approximate surface area is 117 Å². The van der Waals surface area contributed by atoms with E-state index < -0.39 is 0 Å². The van der Waals surface area contributed by atoms with Gasteiger partial charge in [0.15, 0.2) is 6.29 Å². The quantitative estimate of drug-likeness (QED) is 0.633. The van der Waals surface area contributed by atoms with E-state index in [4.69, 9.17) is 4.74 Å². The number of hydrogen-bond donors (Lipinski definition) is 0. The van der Waals surface area contributed by atoms with E-state index in [1.807, 2.05) is 6.29 Å². The number of hydrogen-bond acceptors (Lipinski definition) is 3. The van der Waals surface area contributed by atoms with Crippen LogP contribution in [0.3, 0.4) is 0 Å². The van der Waals surface area contributed by atoms with Crippen molar-refractivity contribution in [3.63, 3.8) is 0 Å². The number of ether oxygens (including phenoxy) is 1. The monoisotopic (exact) mass is 266 g/mol. The molecule has 1 unspecified atom stereocenters. The molecule has 0 aliphatic carbocycles. The fourth-order valence-electron chi connectivity index (χ4n) is 3.38. The molecular weight excluding hydrogens is 238 g/mol. The molecule has 3 nitrogen and oxygen atoms in total. The predicted molar refractivity (Wildman–Crippen MR) is 76.9 cm³/mol. The molecule has 0 aromatic rings. The molecule has 0 bridgehead atoms. The predicted octanol–water partition coefficient (Wildman–Crippen LogP) is 2.80. The molecule has 0 amide bonds. The van der Waals surface area contributed by atoms with E-state index in [0.717, 1.165) is 31.5 Å². The third-order valence-corrected chi connectivity index (χ3v) is 4.71. The molecule has 1 radical (unpaired) electrons. The van der Waals surface area contributed by atoms with E-state index in [1.54, 1.807) is 0 Å². The molecule has 2 heterocycles.